The number of hydrogen-bond donors (Lipinski definition) is 2. The van der Waals surface area contributed by atoms with Gasteiger partial charge in [-0.25, -0.2) is 9.78 Å². The van der Waals surface area contributed by atoms with Crippen LogP contribution in [-0.4, -0.2) is 41.2 Å². The van der Waals surface area contributed by atoms with E-state index in [9.17, 15) is 14.7 Å². The van der Waals surface area contributed by atoms with Gasteiger partial charge in [0, 0.05) is 17.9 Å². The van der Waals surface area contributed by atoms with Crippen LogP contribution in [-0.2, 0) is 27.4 Å². The summed E-state index contributed by atoms with van der Waals surface area (Å²) in [6, 6.07) is 6.68. The third-order valence-corrected chi connectivity index (χ3v) is 6.10. The second-order valence-electron chi connectivity index (χ2n) is 8.84. The monoisotopic (exact) mass is 458 g/mol. The molecule has 0 radical (unpaired) electrons. The molecule has 2 aromatic rings. The van der Waals surface area contributed by atoms with E-state index >= 15 is 0 Å². The van der Waals surface area contributed by atoms with Crippen LogP contribution in [0.4, 0.5) is 0 Å². The largest absolute Gasteiger partial charge is 0.497 e. The van der Waals surface area contributed by atoms with Crippen LogP contribution in [0.25, 0.3) is 11.5 Å². The Kier molecular flexibility index (Phi) is 8.49. The van der Waals surface area contributed by atoms with Crippen LogP contribution >= 0.6 is 0 Å². The number of rotatable bonds is 10. The molecule has 1 aromatic heterocycles. The fraction of sp³-hybridized carbons (Fsp3) is 0.560. The van der Waals surface area contributed by atoms with E-state index < -0.39 is 12.0 Å². The van der Waals surface area contributed by atoms with Crippen molar-refractivity contribution in [1.29, 1.82) is 0 Å². The fourth-order valence-corrected chi connectivity index (χ4v) is 4.17. The molecule has 0 saturated heterocycles. The topological polar surface area (TPSA) is 111 Å². The van der Waals surface area contributed by atoms with Gasteiger partial charge in [-0.05, 0) is 43.4 Å². The van der Waals surface area contributed by atoms with Gasteiger partial charge < -0.3 is 24.3 Å². The summed E-state index contributed by atoms with van der Waals surface area (Å²) >= 11 is 0. The molecule has 0 aliphatic heterocycles. The van der Waals surface area contributed by atoms with E-state index in [1.54, 1.807) is 21.0 Å². The van der Waals surface area contributed by atoms with Crippen molar-refractivity contribution < 1.29 is 28.6 Å². The molecule has 3 rings (SSSR count). The molecule has 3 atom stereocenters. The highest BCUT2D eigenvalue weighted by atomic mass is 16.5. The molecule has 0 bridgehead atoms. The van der Waals surface area contributed by atoms with Crippen molar-refractivity contribution in [3.63, 3.8) is 0 Å². The zero-order chi connectivity index (χ0) is 24.0. The van der Waals surface area contributed by atoms with Crippen molar-refractivity contribution in [2.45, 2.75) is 71.6 Å². The van der Waals surface area contributed by atoms with E-state index in [4.69, 9.17) is 13.9 Å². The van der Waals surface area contributed by atoms with Gasteiger partial charge in [-0.2, -0.15) is 0 Å². The lowest BCUT2D eigenvalue weighted by atomic mass is 9.86. The van der Waals surface area contributed by atoms with Crippen molar-refractivity contribution in [3.05, 3.63) is 35.7 Å². The lowest BCUT2D eigenvalue weighted by Gasteiger charge is -2.29. The van der Waals surface area contributed by atoms with E-state index in [0.29, 0.717) is 25.3 Å². The number of nitrogens with zero attached hydrogens (tertiary/aromatic N) is 1. The van der Waals surface area contributed by atoms with Gasteiger partial charge in [0.15, 0.2) is 0 Å². The molecule has 8 nitrogen and oxygen atoms in total. The maximum Gasteiger partial charge on any atom is 0.326 e. The van der Waals surface area contributed by atoms with Gasteiger partial charge in [0.1, 0.15) is 23.2 Å². The maximum atomic E-state index is 12.7. The summed E-state index contributed by atoms with van der Waals surface area (Å²) in [5.41, 5.74) is 1.59. The Balaban J connectivity index is 1.62. The fourth-order valence-electron chi connectivity index (χ4n) is 4.17. The zero-order valence-corrected chi connectivity index (χ0v) is 19.8. The number of oxazole rings is 1. The number of aliphatic carboxylic acids is 1. The third kappa shape index (κ3) is 6.35. The molecule has 1 fully saturated rings. The summed E-state index contributed by atoms with van der Waals surface area (Å²) < 4.78 is 17.4. The molecule has 1 saturated carbocycles. The van der Waals surface area contributed by atoms with Gasteiger partial charge in [0.2, 0.25) is 11.8 Å². The Labute approximate surface area is 194 Å². The summed E-state index contributed by atoms with van der Waals surface area (Å²) in [6.45, 7) is 5.89. The van der Waals surface area contributed by atoms with Crippen LogP contribution in [0.3, 0.4) is 0 Å². The number of carbonyl (C=O) groups is 2. The number of ether oxygens (including phenoxy) is 2. The van der Waals surface area contributed by atoms with Gasteiger partial charge in [-0.1, -0.05) is 33.3 Å². The molecule has 8 heteroatoms. The van der Waals surface area contributed by atoms with E-state index in [-0.39, 0.29) is 23.8 Å². The number of aryl methyl sites for hydroxylation is 1. The van der Waals surface area contributed by atoms with Crippen molar-refractivity contribution in [1.82, 2.24) is 10.3 Å². The summed E-state index contributed by atoms with van der Waals surface area (Å²) in [7, 11) is 1.62. The summed E-state index contributed by atoms with van der Waals surface area (Å²) in [5, 5.41) is 12.1. The van der Waals surface area contributed by atoms with Gasteiger partial charge in [-0.15, -0.1) is 0 Å². The molecule has 1 amide bonds. The number of amides is 1. The molecular formula is C25H34N2O6. The first-order valence-electron chi connectivity index (χ1n) is 11.6. The molecule has 1 aliphatic carbocycles. The number of nitrogens with one attached hydrogen (secondary N) is 1. The van der Waals surface area contributed by atoms with E-state index in [0.717, 1.165) is 42.0 Å². The first-order valence-corrected chi connectivity index (χ1v) is 11.6. The first kappa shape index (κ1) is 24.8. The van der Waals surface area contributed by atoms with Crippen LogP contribution in [0.1, 0.15) is 57.9 Å². The van der Waals surface area contributed by atoms with E-state index in [1.165, 1.54) is 0 Å². The second kappa shape index (κ2) is 11.3. The standard InChI is InChI=1S/C25H34N2O6/c1-5-21-20(26-24(33-21)17-9-7-10-18(13-17)31-4)14-32-19-11-6-8-16(12-19)23(28)27-22(15(2)3)25(29)30/h7,9-10,13,15-16,19,22H,5-6,8,11-12,14H2,1-4H3,(H,27,28)(H,29,30)/t16-,19+,22-/m0/s1. The lowest BCUT2D eigenvalue weighted by molar-refractivity contribution is -0.144. The quantitative estimate of drug-likeness (QED) is 0.548. The predicted octanol–water partition coefficient (Wildman–Crippen LogP) is 4.21. The van der Waals surface area contributed by atoms with E-state index in [2.05, 4.69) is 10.3 Å². The summed E-state index contributed by atoms with van der Waals surface area (Å²) in [5.74, 6) is 0.390. The molecule has 2 N–H and O–H groups in total. The predicted molar refractivity (Wildman–Crippen MR) is 123 cm³/mol. The highest BCUT2D eigenvalue weighted by Gasteiger charge is 2.32. The number of carboxylic acids is 1. The Morgan fingerprint density at radius 2 is 2.09 bits per heavy atom. The number of hydrogen-bond acceptors (Lipinski definition) is 6. The Hall–Kier alpha value is -2.87. The minimum atomic E-state index is -1.01. The van der Waals surface area contributed by atoms with Crippen LogP contribution in [0, 0.1) is 11.8 Å². The number of carboxylic acid groups (broad SMARTS) is 1. The Bertz CT molecular complexity index is 954. The van der Waals surface area contributed by atoms with Crippen LogP contribution in [0.5, 0.6) is 5.75 Å². The minimum absolute atomic E-state index is 0.0847. The molecule has 1 heterocycles. The normalized spacial score (nSPS) is 19.3. The number of aromatic nitrogens is 1. The van der Waals surface area contributed by atoms with Gasteiger partial charge in [-0.3, -0.25) is 4.79 Å². The smallest absolute Gasteiger partial charge is 0.326 e. The van der Waals surface area contributed by atoms with Crippen LogP contribution in [0.2, 0.25) is 0 Å². The zero-order valence-electron chi connectivity index (χ0n) is 19.8. The molecule has 1 aromatic carbocycles. The van der Waals surface area contributed by atoms with Crippen molar-refractivity contribution in [2.24, 2.45) is 11.8 Å². The average Bonchev–Trinajstić information content (AvgIpc) is 3.24. The minimum Gasteiger partial charge on any atom is -0.497 e. The maximum absolute atomic E-state index is 12.7. The van der Waals surface area contributed by atoms with Crippen molar-refractivity contribution >= 4 is 11.9 Å². The first-order chi connectivity index (χ1) is 15.8. The number of benzene rings is 1. The van der Waals surface area contributed by atoms with Gasteiger partial charge in [0.25, 0.3) is 0 Å². The molecule has 0 unspecified atom stereocenters. The lowest BCUT2D eigenvalue weighted by Crippen LogP contribution is -2.47. The molecule has 0 spiro atoms. The van der Waals surface area contributed by atoms with E-state index in [1.807, 2.05) is 31.2 Å². The average molecular weight is 459 g/mol. The van der Waals surface area contributed by atoms with Gasteiger partial charge >= 0.3 is 5.97 Å². The third-order valence-electron chi connectivity index (χ3n) is 6.10. The Morgan fingerprint density at radius 3 is 2.76 bits per heavy atom. The highest BCUT2D eigenvalue weighted by Crippen LogP contribution is 2.30. The SMILES string of the molecule is CCc1oc(-c2cccc(OC)c2)nc1CO[C@@H]1CCC[C@H](C(=O)N[C@H](C(=O)O)C(C)C)C1. The Morgan fingerprint density at radius 1 is 1.30 bits per heavy atom. The highest BCUT2D eigenvalue weighted by molar-refractivity contribution is 5.85. The van der Waals surface area contributed by atoms with Gasteiger partial charge in [0.05, 0.1) is 19.8 Å². The van der Waals surface area contributed by atoms with Crippen molar-refractivity contribution in [2.75, 3.05) is 7.11 Å². The molecule has 180 valence electrons. The van der Waals surface area contributed by atoms with Crippen LogP contribution in [0.15, 0.2) is 28.7 Å². The van der Waals surface area contributed by atoms with Crippen molar-refractivity contribution in [3.8, 4) is 17.2 Å². The summed E-state index contributed by atoms with van der Waals surface area (Å²) in [4.78, 5) is 28.8. The van der Waals surface area contributed by atoms with Crippen LogP contribution < -0.4 is 10.1 Å². The number of methoxy groups -OCH3 is 1. The molecular weight excluding hydrogens is 424 g/mol. The summed E-state index contributed by atoms with van der Waals surface area (Å²) in [6.07, 6.45) is 3.63. The number of carbonyl (C=O) groups excluding carboxylic acids is 1. The second-order valence-corrected chi connectivity index (χ2v) is 8.84. The molecule has 33 heavy (non-hydrogen) atoms. The molecule has 1 aliphatic rings.